The highest BCUT2D eigenvalue weighted by Crippen LogP contribution is 2.67. The van der Waals surface area contributed by atoms with Gasteiger partial charge in [-0.25, -0.2) is 9.97 Å². The van der Waals surface area contributed by atoms with Crippen molar-refractivity contribution in [2.75, 3.05) is 0 Å². The van der Waals surface area contributed by atoms with Crippen molar-refractivity contribution in [2.45, 2.75) is 65.4 Å². The summed E-state index contributed by atoms with van der Waals surface area (Å²) in [6, 6.07) is 0. The highest BCUT2D eigenvalue weighted by molar-refractivity contribution is 5.72. The molecule has 144 valence electrons. The summed E-state index contributed by atoms with van der Waals surface area (Å²) < 4.78 is 0. The molecule has 2 saturated carbocycles. The molecule has 5 rings (SSSR count). The van der Waals surface area contributed by atoms with Crippen molar-refractivity contribution in [3.63, 3.8) is 0 Å². The summed E-state index contributed by atoms with van der Waals surface area (Å²) in [4.78, 5) is 8.56. The highest BCUT2D eigenvalue weighted by Gasteiger charge is 2.58. The van der Waals surface area contributed by atoms with E-state index in [-0.39, 0.29) is 11.5 Å². The van der Waals surface area contributed by atoms with Crippen molar-refractivity contribution >= 4 is 5.57 Å². The molecule has 27 heavy (non-hydrogen) atoms. The van der Waals surface area contributed by atoms with Crippen molar-refractivity contribution in [2.24, 2.45) is 34.5 Å². The van der Waals surface area contributed by atoms with Crippen molar-refractivity contribution in [3.8, 4) is 0 Å². The van der Waals surface area contributed by atoms with E-state index in [2.05, 4.69) is 42.9 Å². The molecule has 0 amide bonds. The molecule has 0 aliphatic heterocycles. The van der Waals surface area contributed by atoms with E-state index in [0.29, 0.717) is 17.3 Å². The minimum Gasteiger partial charge on any atom is -0.393 e. The number of rotatable bonds is 1. The Morgan fingerprint density at radius 3 is 2.56 bits per heavy atom. The van der Waals surface area contributed by atoms with Crippen LogP contribution < -0.4 is 0 Å². The Balaban J connectivity index is 1.52. The van der Waals surface area contributed by atoms with Crippen molar-refractivity contribution in [1.82, 2.24) is 9.97 Å². The molecule has 1 N–H and O–H groups in total. The van der Waals surface area contributed by atoms with E-state index in [1.165, 1.54) is 30.4 Å². The molecule has 3 nitrogen and oxygen atoms in total. The fourth-order valence-corrected chi connectivity index (χ4v) is 7.46. The third kappa shape index (κ3) is 2.43. The molecule has 2 fully saturated rings. The number of aliphatic hydroxyl groups is 1. The average molecular weight is 365 g/mol. The van der Waals surface area contributed by atoms with Crippen LogP contribution in [0.2, 0.25) is 0 Å². The molecule has 0 aromatic carbocycles. The van der Waals surface area contributed by atoms with Gasteiger partial charge >= 0.3 is 0 Å². The Kier molecular flexibility index (Phi) is 3.92. The maximum atomic E-state index is 10.2. The fraction of sp³-hybridized carbons (Fsp3) is 0.667. The molecule has 1 aromatic rings. The predicted octanol–water partition coefficient (Wildman–Crippen LogP) is 5.04. The lowest BCUT2D eigenvalue weighted by atomic mass is 9.45. The molecule has 1 aromatic heterocycles. The van der Waals surface area contributed by atoms with Gasteiger partial charge in [0, 0.05) is 18.0 Å². The molecular weight excluding hydrogens is 332 g/mol. The van der Waals surface area contributed by atoms with E-state index < -0.39 is 0 Å². The number of fused-ring (bicyclic) bond motifs is 5. The molecule has 0 bridgehead atoms. The van der Waals surface area contributed by atoms with E-state index in [4.69, 9.17) is 0 Å². The Hall–Kier alpha value is -1.48. The summed E-state index contributed by atoms with van der Waals surface area (Å²) >= 11 is 0. The number of aromatic nitrogens is 2. The van der Waals surface area contributed by atoms with Crippen LogP contribution in [0.3, 0.4) is 0 Å². The van der Waals surface area contributed by atoms with Gasteiger partial charge in [0.15, 0.2) is 0 Å². The van der Waals surface area contributed by atoms with Crippen LogP contribution in [0.4, 0.5) is 0 Å². The average Bonchev–Trinajstić information content (AvgIpc) is 3.01. The second kappa shape index (κ2) is 6.01. The first-order chi connectivity index (χ1) is 12.9. The van der Waals surface area contributed by atoms with Crippen molar-refractivity contribution in [3.05, 3.63) is 42.0 Å². The first kappa shape index (κ1) is 17.6. The number of hydrogen-bond donors (Lipinski definition) is 1. The van der Waals surface area contributed by atoms with Gasteiger partial charge in [-0.2, -0.15) is 0 Å². The molecule has 0 saturated heterocycles. The van der Waals surface area contributed by atoms with Crippen LogP contribution in [0.5, 0.6) is 0 Å². The molecule has 7 atom stereocenters. The molecule has 1 heterocycles. The third-order valence-corrected chi connectivity index (χ3v) is 8.86. The Labute approximate surface area is 163 Å². The molecule has 0 radical (unpaired) electrons. The predicted molar refractivity (Wildman–Crippen MR) is 108 cm³/mol. The van der Waals surface area contributed by atoms with Crippen LogP contribution in [0, 0.1) is 34.5 Å². The van der Waals surface area contributed by atoms with E-state index in [1.807, 2.05) is 12.4 Å². The Bertz CT molecular complexity index is 800. The zero-order valence-electron chi connectivity index (χ0n) is 16.9. The number of allylic oxidation sites excluding steroid dienone is 3. The molecule has 2 unspecified atom stereocenters. The van der Waals surface area contributed by atoms with Gasteiger partial charge in [-0.15, -0.1) is 0 Å². The monoisotopic (exact) mass is 364 g/mol. The van der Waals surface area contributed by atoms with Crippen molar-refractivity contribution in [1.29, 1.82) is 0 Å². The molecule has 4 aliphatic carbocycles. The van der Waals surface area contributed by atoms with E-state index in [9.17, 15) is 5.11 Å². The summed E-state index contributed by atoms with van der Waals surface area (Å²) in [6.45, 7) is 7.43. The first-order valence-electron chi connectivity index (χ1n) is 10.8. The van der Waals surface area contributed by atoms with E-state index >= 15 is 0 Å². The molecular formula is C24H32N2O. The van der Waals surface area contributed by atoms with E-state index in [1.54, 1.807) is 11.9 Å². The lowest BCUT2D eigenvalue weighted by Crippen LogP contribution is -2.52. The van der Waals surface area contributed by atoms with Gasteiger partial charge in [-0.3, -0.25) is 0 Å². The van der Waals surface area contributed by atoms with E-state index in [0.717, 1.165) is 31.1 Å². The Morgan fingerprint density at radius 2 is 1.78 bits per heavy atom. The second-order valence-corrected chi connectivity index (χ2v) is 10.1. The van der Waals surface area contributed by atoms with Gasteiger partial charge in [0.05, 0.1) is 6.10 Å². The minimum absolute atomic E-state index is 0.125. The topological polar surface area (TPSA) is 46.0 Å². The SMILES string of the molecule is CC1C=C2CC(O)CC[C@]2(C)[C@@H]2CC[C@]3(C)C(c4cncnc4)=CC[C@H]3[C@H]12. The van der Waals surface area contributed by atoms with Crippen LogP contribution in [0.15, 0.2) is 36.4 Å². The quantitative estimate of drug-likeness (QED) is 0.710. The molecule has 4 aliphatic rings. The van der Waals surface area contributed by atoms with Crippen LogP contribution >= 0.6 is 0 Å². The minimum atomic E-state index is -0.125. The molecule has 0 spiro atoms. The van der Waals surface area contributed by atoms with Gasteiger partial charge in [0.25, 0.3) is 0 Å². The third-order valence-electron chi connectivity index (χ3n) is 8.86. The zero-order valence-corrected chi connectivity index (χ0v) is 16.9. The largest absolute Gasteiger partial charge is 0.393 e. The maximum absolute atomic E-state index is 10.2. The number of aliphatic hydroxyl groups excluding tert-OH is 1. The van der Waals surface area contributed by atoms with Gasteiger partial charge in [0.1, 0.15) is 6.33 Å². The van der Waals surface area contributed by atoms with Gasteiger partial charge in [-0.1, -0.05) is 38.5 Å². The Morgan fingerprint density at radius 1 is 1.04 bits per heavy atom. The van der Waals surface area contributed by atoms with Crippen LogP contribution in [0.25, 0.3) is 5.57 Å². The van der Waals surface area contributed by atoms with Crippen LogP contribution in [-0.4, -0.2) is 21.2 Å². The standard InChI is InChI=1S/C24H32N2O/c1-15-10-17-11-18(27)6-8-23(17,2)21-7-9-24(3)19(4-5-20(24)22(15)21)16-12-25-14-26-13-16/h4,10,12-15,18,20-22,27H,5-9,11H2,1-3H3/t15?,18?,20-,21+,22-,23-,24+/m0/s1. The fourth-order valence-electron chi connectivity index (χ4n) is 7.46. The van der Waals surface area contributed by atoms with Crippen LogP contribution in [0.1, 0.15) is 64.9 Å². The second-order valence-electron chi connectivity index (χ2n) is 10.1. The number of nitrogens with zero attached hydrogens (tertiary/aromatic N) is 2. The smallest absolute Gasteiger partial charge is 0.115 e. The summed E-state index contributed by atoms with van der Waals surface area (Å²) in [5.74, 6) is 2.82. The zero-order chi connectivity index (χ0) is 18.8. The summed E-state index contributed by atoms with van der Waals surface area (Å²) in [5, 5.41) is 10.2. The van der Waals surface area contributed by atoms with Gasteiger partial charge in [0.2, 0.25) is 0 Å². The summed E-state index contributed by atoms with van der Waals surface area (Å²) in [5.41, 5.74) is 4.80. The summed E-state index contributed by atoms with van der Waals surface area (Å²) in [7, 11) is 0. The molecule has 3 heteroatoms. The van der Waals surface area contributed by atoms with Gasteiger partial charge < -0.3 is 5.11 Å². The lowest BCUT2D eigenvalue weighted by Gasteiger charge is -2.59. The maximum Gasteiger partial charge on any atom is 0.115 e. The normalized spacial score (nSPS) is 46.0. The first-order valence-corrected chi connectivity index (χ1v) is 10.8. The van der Waals surface area contributed by atoms with Crippen LogP contribution in [-0.2, 0) is 0 Å². The summed E-state index contributed by atoms with van der Waals surface area (Å²) in [6.07, 6.45) is 17.3. The highest BCUT2D eigenvalue weighted by atomic mass is 16.3. The lowest BCUT2D eigenvalue weighted by molar-refractivity contribution is -0.0425. The number of hydrogen-bond acceptors (Lipinski definition) is 3. The van der Waals surface area contributed by atoms with Crippen molar-refractivity contribution < 1.29 is 5.11 Å². The van der Waals surface area contributed by atoms with Gasteiger partial charge in [-0.05, 0) is 78.6 Å².